The molecule has 0 radical (unpaired) electrons. The number of anilines is 2. The van der Waals surface area contributed by atoms with Crippen molar-refractivity contribution < 1.29 is 27.2 Å². The summed E-state index contributed by atoms with van der Waals surface area (Å²) in [6, 6.07) is 15.7. The van der Waals surface area contributed by atoms with Crippen LogP contribution in [-0.4, -0.2) is 17.6 Å². The van der Waals surface area contributed by atoms with Gasteiger partial charge >= 0.3 is 6.18 Å². The second-order valence-electron chi connectivity index (χ2n) is 9.07. The fourth-order valence-electron chi connectivity index (χ4n) is 4.42. The van der Waals surface area contributed by atoms with Crippen LogP contribution in [0.25, 0.3) is 0 Å². The lowest BCUT2D eigenvalue weighted by Crippen LogP contribution is -2.31. The van der Waals surface area contributed by atoms with Gasteiger partial charge in [0, 0.05) is 11.4 Å². The molecule has 206 valence electrons. The maximum atomic E-state index is 13.6. The molecule has 1 aliphatic rings. The van der Waals surface area contributed by atoms with Crippen molar-refractivity contribution in [3.05, 3.63) is 105 Å². The molecule has 0 saturated heterocycles. The van der Waals surface area contributed by atoms with Crippen molar-refractivity contribution in [3.63, 3.8) is 0 Å². The fraction of sp³-hybridized carbons (Fsp3) is 0.207. The quantitative estimate of drug-likeness (QED) is 0.297. The lowest BCUT2D eigenvalue weighted by molar-refractivity contribution is -0.137. The highest BCUT2D eigenvalue weighted by atomic mass is 32.2. The van der Waals surface area contributed by atoms with Crippen molar-refractivity contribution in [3.8, 4) is 6.07 Å². The van der Waals surface area contributed by atoms with Crippen molar-refractivity contribution in [2.45, 2.75) is 32.9 Å². The number of benzene rings is 2. The Morgan fingerprint density at radius 3 is 2.35 bits per heavy atom. The molecule has 2 heterocycles. The van der Waals surface area contributed by atoms with Crippen molar-refractivity contribution in [1.29, 1.82) is 5.26 Å². The molecular formula is C29H25F3N4O3S. The summed E-state index contributed by atoms with van der Waals surface area (Å²) < 4.78 is 45.6. The average molecular weight is 567 g/mol. The highest BCUT2D eigenvalue weighted by molar-refractivity contribution is 8.03. The van der Waals surface area contributed by atoms with Crippen LogP contribution in [0.2, 0.25) is 0 Å². The average Bonchev–Trinajstić information content (AvgIpc) is 3.43. The lowest BCUT2D eigenvalue weighted by Gasteiger charge is -2.28. The van der Waals surface area contributed by atoms with Gasteiger partial charge in [0.2, 0.25) is 5.91 Å². The number of amides is 2. The molecule has 1 aromatic heterocycles. The molecule has 4 rings (SSSR count). The summed E-state index contributed by atoms with van der Waals surface area (Å²) in [6.45, 7) is 5.42. The molecule has 0 unspecified atom stereocenters. The van der Waals surface area contributed by atoms with Gasteiger partial charge in [-0.05, 0) is 56.2 Å². The van der Waals surface area contributed by atoms with Crippen LogP contribution in [0.3, 0.4) is 0 Å². The monoisotopic (exact) mass is 566 g/mol. The zero-order chi connectivity index (χ0) is 29.0. The van der Waals surface area contributed by atoms with E-state index >= 15 is 0 Å². The number of nitriles is 1. The number of hydrogen-bond acceptors (Lipinski definition) is 6. The number of carbonyl (C=O) groups is 2. The molecule has 2 amide bonds. The summed E-state index contributed by atoms with van der Waals surface area (Å²) in [6.07, 6.45) is -3.20. The summed E-state index contributed by atoms with van der Waals surface area (Å²) in [4.78, 5) is 26.2. The van der Waals surface area contributed by atoms with Crippen LogP contribution < -0.4 is 16.0 Å². The second-order valence-corrected chi connectivity index (χ2v) is 10.1. The van der Waals surface area contributed by atoms with Gasteiger partial charge in [-0.3, -0.25) is 9.59 Å². The van der Waals surface area contributed by atoms with E-state index in [-0.39, 0.29) is 22.6 Å². The van der Waals surface area contributed by atoms with E-state index in [0.29, 0.717) is 22.2 Å². The normalized spacial score (nSPS) is 15.4. The Labute approximate surface area is 233 Å². The maximum Gasteiger partial charge on any atom is 0.418 e. The summed E-state index contributed by atoms with van der Waals surface area (Å²) in [5, 5.41) is 18.7. The van der Waals surface area contributed by atoms with Gasteiger partial charge < -0.3 is 20.4 Å². The van der Waals surface area contributed by atoms with E-state index in [2.05, 4.69) is 22.0 Å². The van der Waals surface area contributed by atoms with Crippen LogP contribution in [-0.2, 0) is 15.8 Å². The molecule has 0 fully saturated rings. The smallest absolute Gasteiger partial charge is 0.418 e. The number of halogens is 3. The molecule has 11 heteroatoms. The fourth-order valence-corrected chi connectivity index (χ4v) is 5.32. The molecular weight excluding hydrogens is 541 g/mol. The van der Waals surface area contributed by atoms with E-state index in [1.54, 1.807) is 19.1 Å². The first-order chi connectivity index (χ1) is 19.0. The van der Waals surface area contributed by atoms with Crippen LogP contribution in [0, 0.1) is 25.2 Å². The van der Waals surface area contributed by atoms with Crippen LogP contribution >= 0.6 is 11.8 Å². The third kappa shape index (κ3) is 6.07. The number of nitrogens with zero attached hydrogens (tertiary/aromatic N) is 1. The zero-order valence-corrected chi connectivity index (χ0v) is 22.6. The first-order valence-electron chi connectivity index (χ1n) is 12.1. The molecule has 0 spiro atoms. The number of dihydropyridines is 1. The van der Waals surface area contributed by atoms with Crippen LogP contribution in [0.5, 0.6) is 0 Å². The number of alkyl halides is 3. The standard InChI is InChI=1S/C29H25F3N4O3S/c1-16-8-6-9-17(2)26(16)36-27(38)24-18(3)34-28(19(14-33)25(24)22-12-7-13-39-22)40-15-23(37)35-21-11-5-4-10-20(21)29(30,31)32/h4-13,25,34H,15H2,1-3H3,(H,35,37)(H,36,38)/t25-/m0/s1. The number of hydrogen-bond donors (Lipinski definition) is 3. The highest BCUT2D eigenvalue weighted by Crippen LogP contribution is 2.41. The molecule has 1 aliphatic heterocycles. The number of aryl methyl sites for hydroxylation is 2. The number of nitrogens with one attached hydrogen (secondary N) is 3. The number of para-hydroxylation sites is 2. The first kappa shape index (κ1) is 28.6. The Morgan fingerprint density at radius 1 is 1.02 bits per heavy atom. The largest absolute Gasteiger partial charge is 0.468 e. The Morgan fingerprint density at radius 2 is 1.73 bits per heavy atom. The lowest BCUT2D eigenvalue weighted by atomic mass is 9.85. The molecule has 1 atom stereocenters. The molecule has 3 N–H and O–H groups in total. The van der Waals surface area contributed by atoms with Crippen LogP contribution in [0.4, 0.5) is 24.5 Å². The minimum absolute atomic E-state index is 0.140. The minimum atomic E-state index is -4.63. The van der Waals surface area contributed by atoms with Crippen molar-refractivity contribution in [2.24, 2.45) is 0 Å². The third-order valence-electron chi connectivity index (χ3n) is 6.29. The molecule has 0 bridgehead atoms. The van der Waals surface area contributed by atoms with Gasteiger partial charge in [-0.2, -0.15) is 18.4 Å². The Balaban J connectivity index is 1.60. The van der Waals surface area contributed by atoms with Crippen LogP contribution in [0.15, 0.2) is 87.1 Å². The third-order valence-corrected chi connectivity index (χ3v) is 7.31. The number of thioether (sulfide) groups is 1. The number of furan rings is 1. The number of rotatable bonds is 7. The van der Waals surface area contributed by atoms with Crippen molar-refractivity contribution in [2.75, 3.05) is 16.4 Å². The van der Waals surface area contributed by atoms with E-state index < -0.39 is 29.5 Å². The SMILES string of the molecule is CC1=C(C(=O)Nc2c(C)cccc2C)[C@H](c2ccco2)C(C#N)=C(SCC(=O)Nc2ccccc2C(F)(F)F)N1. The van der Waals surface area contributed by atoms with Gasteiger partial charge in [0.15, 0.2) is 0 Å². The van der Waals surface area contributed by atoms with Gasteiger partial charge in [-0.1, -0.05) is 42.1 Å². The summed E-state index contributed by atoms with van der Waals surface area (Å²) in [5.41, 5.74) is 1.92. The Hall–Kier alpha value is -4.43. The molecule has 0 saturated carbocycles. The van der Waals surface area contributed by atoms with Gasteiger partial charge in [0.05, 0.1) is 51.4 Å². The summed E-state index contributed by atoms with van der Waals surface area (Å²) in [7, 11) is 0. The summed E-state index contributed by atoms with van der Waals surface area (Å²) in [5.74, 6) is -1.93. The van der Waals surface area contributed by atoms with Gasteiger partial charge in [-0.15, -0.1) is 0 Å². The molecule has 7 nitrogen and oxygen atoms in total. The van der Waals surface area contributed by atoms with Gasteiger partial charge in [0.1, 0.15) is 5.76 Å². The highest BCUT2D eigenvalue weighted by Gasteiger charge is 2.37. The van der Waals surface area contributed by atoms with E-state index in [0.717, 1.165) is 29.0 Å². The summed E-state index contributed by atoms with van der Waals surface area (Å²) >= 11 is 0.943. The zero-order valence-electron chi connectivity index (χ0n) is 21.8. The molecule has 40 heavy (non-hydrogen) atoms. The van der Waals surface area contributed by atoms with E-state index in [1.807, 2.05) is 32.0 Å². The van der Waals surface area contributed by atoms with Crippen LogP contribution in [0.1, 0.15) is 35.3 Å². The maximum absolute atomic E-state index is 13.6. The predicted octanol–water partition coefficient (Wildman–Crippen LogP) is 6.62. The van der Waals surface area contributed by atoms with Gasteiger partial charge in [0.25, 0.3) is 5.91 Å². The number of allylic oxidation sites excluding steroid dienone is 2. The molecule has 0 aliphatic carbocycles. The Kier molecular flexibility index (Phi) is 8.40. The molecule has 2 aromatic carbocycles. The van der Waals surface area contributed by atoms with E-state index in [1.165, 1.54) is 24.5 Å². The van der Waals surface area contributed by atoms with Gasteiger partial charge in [-0.25, -0.2) is 0 Å². The van der Waals surface area contributed by atoms with Crippen molar-refractivity contribution >= 4 is 35.0 Å². The van der Waals surface area contributed by atoms with E-state index in [4.69, 9.17) is 4.42 Å². The van der Waals surface area contributed by atoms with Crippen molar-refractivity contribution in [1.82, 2.24) is 5.32 Å². The Bertz CT molecular complexity index is 1530. The number of carbonyl (C=O) groups excluding carboxylic acids is 2. The van der Waals surface area contributed by atoms with E-state index in [9.17, 15) is 28.0 Å². The molecule has 3 aromatic rings. The second kappa shape index (κ2) is 11.8. The topological polar surface area (TPSA) is 107 Å². The predicted molar refractivity (Wildman–Crippen MR) is 147 cm³/mol. The first-order valence-corrected chi connectivity index (χ1v) is 13.1. The minimum Gasteiger partial charge on any atom is -0.468 e.